The van der Waals surface area contributed by atoms with Crippen LogP contribution in [0.25, 0.3) is 0 Å². The minimum Gasteiger partial charge on any atom is -0.320 e. The summed E-state index contributed by atoms with van der Waals surface area (Å²) < 4.78 is 27.1. The molecule has 0 aliphatic rings. The zero-order valence-corrected chi connectivity index (χ0v) is 12.3. The molecule has 0 atom stereocenters. The van der Waals surface area contributed by atoms with Gasteiger partial charge in [0.1, 0.15) is 0 Å². The van der Waals surface area contributed by atoms with E-state index in [0.717, 1.165) is 29.7 Å². The largest absolute Gasteiger partial charge is 0.320 e. The predicted molar refractivity (Wildman–Crippen MR) is 74.4 cm³/mol. The fourth-order valence-corrected chi connectivity index (χ4v) is 3.66. The van der Waals surface area contributed by atoms with Gasteiger partial charge in [0, 0.05) is 6.54 Å². The highest BCUT2D eigenvalue weighted by Crippen LogP contribution is 2.21. The van der Waals surface area contributed by atoms with Crippen LogP contribution in [0.15, 0.2) is 17.0 Å². The number of benzene rings is 1. The summed E-state index contributed by atoms with van der Waals surface area (Å²) in [5.41, 5.74) is 2.68. The maximum atomic E-state index is 12.2. The zero-order valence-electron chi connectivity index (χ0n) is 11.5. The number of aryl methyl sites for hydroxylation is 3. The van der Waals surface area contributed by atoms with Gasteiger partial charge in [-0.2, -0.15) is 0 Å². The Hall–Kier alpha value is -0.910. The Bertz CT molecular complexity index is 487. The quantitative estimate of drug-likeness (QED) is 0.770. The third-order valence-corrected chi connectivity index (χ3v) is 4.53. The Kier molecular flexibility index (Phi) is 5.31. The molecular weight excluding hydrogens is 248 g/mol. The van der Waals surface area contributed by atoms with Gasteiger partial charge in [0.15, 0.2) is 0 Å². The van der Waals surface area contributed by atoms with Gasteiger partial charge in [0.25, 0.3) is 0 Å². The Balaban J connectivity index is 2.92. The first-order chi connectivity index (χ1) is 8.38. The van der Waals surface area contributed by atoms with Crippen LogP contribution < -0.4 is 10.0 Å². The second kappa shape index (κ2) is 6.31. The molecule has 1 aromatic rings. The van der Waals surface area contributed by atoms with Crippen molar-refractivity contribution in [1.82, 2.24) is 10.0 Å². The van der Waals surface area contributed by atoms with E-state index in [0.29, 0.717) is 11.4 Å². The molecule has 5 heteroatoms. The number of sulfonamides is 1. The van der Waals surface area contributed by atoms with Crippen molar-refractivity contribution in [2.24, 2.45) is 0 Å². The van der Waals surface area contributed by atoms with Crippen LogP contribution in [0.4, 0.5) is 0 Å². The minimum atomic E-state index is -3.40. The number of hydrogen-bond acceptors (Lipinski definition) is 3. The molecule has 0 radical (unpaired) electrons. The lowest BCUT2D eigenvalue weighted by atomic mass is 10.1. The molecule has 0 aliphatic carbocycles. The maximum absolute atomic E-state index is 12.2. The van der Waals surface area contributed by atoms with E-state index in [1.807, 2.05) is 40.0 Å². The lowest BCUT2D eigenvalue weighted by molar-refractivity contribution is 0.576. The summed E-state index contributed by atoms with van der Waals surface area (Å²) in [6.45, 7) is 6.89. The highest BCUT2D eigenvalue weighted by molar-refractivity contribution is 7.89. The van der Waals surface area contributed by atoms with Crippen molar-refractivity contribution in [3.05, 3.63) is 28.8 Å². The molecule has 0 fully saturated rings. The molecule has 0 spiro atoms. The fourth-order valence-electron chi connectivity index (χ4n) is 2.13. The third-order valence-electron chi connectivity index (χ3n) is 2.77. The van der Waals surface area contributed by atoms with Crippen LogP contribution in [0.1, 0.15) is 23.1 Å². The molecule has 1 aromatic carbocycles. The van der Waals surface area contributed by atoms with Gasteiger partial charge < -0.3 is 5.32 Å². The SMILES string of the molecule is CNCCCNS(=O)(=O)c1c(C)cc(C)cc1C. The second-order valence-corrected chi connectivity index (χ2v) is 6.29. The predicted octanol–water partition coefficient (Wildman–Crippen LogP) is 1.50. The molecule has 102 valence electrons. The molecule has 1 rings (SSSR count). The number of hydrogen-bond donors (Lipinski definition) is 2. The fraction of sp³-hybridized carbons (Fsp3) is 0.538. The highest BCUT2D eigenvalue weighted by Gasteiger charge is 2.18. The normalized spacial score (nSPS) is 11.8. The zero-order chi connectivity index (χ0) is 13.8. The van der Waals surface area contributed by atoms with E-state index < -0.39 is 10.0 Å². The molecule has 0 heterocycles. The average Bonchev–Trinajstić information content (AvgIpc) is 2.22. The monoisotopic (exact) mass is 270 g/mol. The lowest BCUT2D eigenvalue weighted by Gasteiger charge is -2.13. The van der Waals surface area contributed by atoms with Gasteiger partial charge in [-0.25, -0.2) is 13.1 Å². The summed E-state index contributed by atoms with van der Waals surface area (Å²) >= 11 is 0. The Labute approximate surface area is 110 Å². The topological polar surface area (TPSA) is 58.2 Å². The minimum absolute atomic E-state index is 0.414. The molecule has 2 N–H and O–H groups in total. The van der Waals surface area contributed by atoms with Crippen molar-refractivity contribution in [3.63, 3.8) is 0 Å². The first-order valence-corrected chi connectivity index (χ1v) is 7.59. The van der Waals surface area contributed by atoms with E-state index in [9.17, 15) is 8.42 Å². The van der Waals surface area contributed by atoms with Gasteiger partial charge in [-0.1, -0.05) is 17.7 Å². The van der Waals surface area contributed by atoms with E-state index in [2.05, 4.69) is 10.0 Å². The Morgan fingerprint density at radius 1 is 1.06 bits per heavy atom. The molecule has 0 aromatic heterocycles. The summed E-state index contributed by atoms with van der Waals surface area (Å²) in [6, 6.07) is 3.80. The molecule has 18 heavy (non-hydrogen) atoms. The molecule has 0 amide bonds. The van der Waals surface area contributed by atoms with E-state index in [1.54, 1.807) is 0 Å². The molecular formula is C13H22N2O2S. The van der Waals surface area contributed by atoms with Gasteiger partial charge in [-0.3, -0.25) is 0 Å². The maximum Gasteiger partial charge on any atom is 0.241 e. The van der Waals surface area contributed by atoms with Gasteiger partial charge in [-0.15, -0.1) is 0 Å². The van der Waals surface area contributed by atoms with Crippen molar-refractivity contribution < 1.29 is 8.42 Å². The van der Waals surface area contributed by atoms with Gasteiger partial charge in [-0.05, 0) is 51.9 Å². The van der Waals surface area contributed by atoms with Crippen molar-refractivity contribution in [2.75, 3.05) is 20.1 Å². The summed E-state index contributed by atoms with van der Waals surface area (Å²) in [6.07, 6.45) is 0.777. The van der Waals surface area contributed by atoms with Crippen molar-refractivity contribution >= 4 is 10.0 Å². The lowest BCUT2D eigenvalue weighted by Crippen LogP contribution is -2.28. The third kappa shape index (κ3) is 3.80. The Morgan fingerprint density at radius 2 is 1.61 bits per heavy atom. The molecule has 4 nitrogen and oxygen atoms in total. The van der Waals surface area contributed by atoms with Crippen LogP contribution >= 0.6 is 0 Å². The molecule has 0 unspecified atom stereocenters. The van der Waals surface area contributed by atoms with Crippen LogP contribution in [0.5, 0.6) is 0 Å². The molecule has 0 saturated carbocycles. The van der Waals surface area contributed by atoms with Gasteiger partial charge in [0.2, 0.25) is 10.0 Å². The van der Waals surface area contributed by atoms with Crippen LogP contribution in [0.2, 0.25) is 0 Å². The second-order valence-electron chi connectivity index (χ2n) is 4.58. The van der Waals surface area contributed by atoms with Crippen LogP contribution in [0.3, 0.4) is 0 Å². The summed E-state index contributed by atoms with van der Waals surface area (Å²) in [7, 11) is -1.55. The van der Waals surface area contributed by atoms with Crippen molar-refractivity contribution in [2.45, 2.75) is 32.1 Å². The van der Waals surface area contributed by atoms with Crippen LogP contribution in [-0.2, 0) is 10.0 Å². The average molecular weight is 270 g/mol. The van der Waals surface area contributed by atoms with Gasteiger partial charge in [0.05, 0.1) is 4.90 Å². The molecule has 0 saturated heterocycles. The standard InChI is InChI=1S/C13H22N2O2S/c1-10-8-11(2)13(12(3)9-10)18(16,17)15-7-5-6-14-4/h8-9,14-15H,5-7H2,1-4H3. The number of nitrogens with one attached hydrogen (secondary N) is 2. The van der Waals surface area contributed by atoms with E-state index in [-0.39, 0.29) is 0 Å². The first kappa shape index (κ1) is 15.1. The van der Waals surface area contributed by atoms with Crippen molar-refractivity contribution in [1.29, 1.82) is 0 Å². The van der Waals surface area contributed by atoms with E-state index in [4.69, 9.17) is 0 Å². The van der Waals surface area contributed by atoms with Crippen LogP contribution in [0, 0.1) is 20.8 Å². The van der Waals surface area contributed by atoms with E-state index in [1.165, 1.54) is 0 Å². The Morgan fingerprint density at radius 3 is 2.11 bits per heavy atom. The molecule has 0 aliphatic heterocycles. The summed E-state index contributed by atoms with van der Waals surface area (Å²) in [5, 5.41) is 2.99. The first-order valence-electron chi connectivity index (χ1n) is 6.10. The summed E-state index contributed by atoms with van der Waals surface area (Å²) in [4.78, 5) is 0.414. The smallest absolute Gasteiger partial charge is 0.241 e. The summed E-state index contributed by atoms with van der Waals surface area (Å²) in [5.74, 6) is 0. The van der Waals surface area contributed by atoms with Gasteiger partial charge >= 0.3 is 0 Å². The van der Waals surface area contributed by atoms with Crippen LogP contribution in [-0.4, -0.2) is 28.6 Å². The highest BCUT2D eigenvalue weighted by atomic mass is 32.2. The van der Waals surface area contributed by atoms with Crippen molar-refractivity contribution in [3.8, 4) is 0 Å². The van der Waals surface area contributed by atoms with E-state index >= 15 is 0 Å². The molecule has 0 bridgehead atoms. The number of rotatable bonds is 6.